The highest BCUT2D eigenvalue weighted by molar-refractivity contribution is 6.02. The monoisotopic (exact) mass is 405 g/mol. The molecule has 0 radical (unpaired) electrons. The van der Waals surface area contributed by atoms with Gasteiger partial charge >= 0.3 is 5.88 Å². The number of nitrogens with one attached hydrogen (secondary N) is 2. The van der Waals surface area contributed by atoms with Gasteiger partial charge in [-0.25, -0.2) is 15.0 Å². The highest BCUT2D eigenvalue weighted by atomic mass is 16.6. The van der Waals surface area contributed by atoms with Crippen molar-refractivity contribution >= 4 is 29.0 Å². The number of benzene rings is 1. The predicted molar refractivity (Wildman–Crippen MR) is 107 cm³/mol. The maximum atomic E-state index is 12.1. The summed E-state index contributed by atoms with van der Waals surface area (Å²) in [5, 5.41) is 16.4. The van der Waals surface area contributed by atoms with E-state index in [0.29, 0.717) is 17.3 Å². The quantitative estimate of drug-likeness (QED) is 0.367. The molecule has 0 aliphatic rings. The second kappa shape index (κ2) is 7.83. The van der Waals surface area contributed by atoms with Crippen molar-refractivity contribution in [1.29, 1.82) is 0 Å². The summed E-state index contributed by atoms with van der Waals surface area (Å²) in [6.45, 7) is 1.88. The van der Waals surface area contributed by atoms with Gasteiger partial charge in [0.2, 0.25) is 0 Å². The van der Waals surface area contributed by atoms with Crippen LogP contribution in [-0.2, 0) is 0 Å². The van der Waals surface area contributed by atoms with Gasteiger partial charge in [0.05, 0.1) is 6.07 Å². The van der Waals surface area contributed by atoms with Gasteiger partial charge in [-0.05, 0) is 37.3 Å². The molecule has 3 heterocycles. The van der Waals surface area contributed by atoms with Gasteiger partial charge in [-0.2, -0.15) is 0 Å². The van der Waals surface area contributed by atoms with Gasteiger partial charge in [-0.1, -0.05) is 0 Å². The first kappa shape index (κ1) is 18.8. The van der Waals surface area contributed by atoms with Crippen LogP contribution in [0.25, 0.3) is 5.82 Å². The minimum absolute atomic E-state index is 0.146. The lowest BCUT2D eigenvalue weighted by molar-refractivity contribution is -0.402. The smallest absolute Gasteiger partial charge is 0.395 e. The van der Waals surface area contributed by atoms with Crippen molar-refractivity contribution in [2.75, 3.05) is 10.6 Å². The SMILES string of the molecule is Cc1nccn1-c1cc(Nc2ccc(NC(=O)c3ccc([N+](=O)[O-])o3)cc2)ncn1. The maximum absolute atomic E-state index is 12.1. The molecule has 1 amide bonds. The number of aromatic nitrogens is 4. The molecule has 2 N–H and O–H groups in total. The fourth-order valence-electron chi connectivity index (χ4n) is 2.69. The summed E-state index contributed by atoms with van der Waals surface area (Å²) >= 11 is 0. The van der Waals surface area contributed by atoms with E-state index in [1.807, 2.05) is 17.7 Å². The summed E-state index contributed by atoms with van der Waals surface area (Å²) in [5.74, 6) is 0.857. The van der Waals surface area contributed by atoms with Crippen molar-refractivity contribution in [2.45, 2.75) is 6.92 Å². The Morgan fingerprint density at radius 1 is 1.10 bits per heavy atom. The molecule has 3 aromatic heterocycles. The molecule has 0 fully saturated rings. The fourth-order valence-corrected chi connectivity index (χ4v) is 2.69. The number of nitro groups is 1. The Balaban J connectivity index is 1.43. The standard InChI is InChI=1S/C19H15N7O4/c1-12-20-8-9-25(12)17-10-16(21-11-22-17)23-13-2-4-14(5-3-13)24-19(27)15-6-7-18(30-15)26(28)29/h2-11H,1H3,(H,24,27)(H,21,22,23). The topological polar surface area (TPSA) is 141 Å². The summed E-state index contributed by atoms with van der Waals surface area (Å²) in [6.07, 6.45) is 4.96. The molecule has 0 spiro atoms. The fraction of sp³-hybridized carbons (Fsp3) is 0.0526. The molecule has 0 atom stereocenters. The molecule has 0 bridgehead atoms. The lowest BCUT2D eigenvalue weighted by Gasteiger charge is -2.09. The molecule has 30 heavy (non-hydrogen) atoms. The Labute approximate surface area is 169 Å². The summed E-state index contributed by atoms with van der Waals surface area (Å²) < 4.78 is 6.73. The minimum Gasteiger partial charge on any atom is -0.395 e. The number of aryl methyl sites for hydroxylation is 1. The summed E-state index contributed by atoms with van der Waals surface area (Å²) in [4.78, 5) is 34.7. The van der Waals surface area contributed by atoms with Crippen LogP contribution in [0.2, 0.25) is 0 Å². The number of imidazole rings is 1. The number of hydrogen-bond donors (Lipinski definition) is 2. The zero-order valence-electron chi connectivity index (χ0n) is 15.6. The third-order valence-corrected chi connectivity index (χ3v) is 4.14. The average molecular weight is 405 g/mol. The first-order valence-electron chi connectivity index (χ1n) is 8.74. The van der Waals surface area contributed by atoms with Crippen LogP contribution in [0.3, 0.4) is 0 Å². The van der Waals surface area contributed by atoms with Gasteiger partial charge in [0.15, 0.2) is 5.76 Å². The second-order valence-electron chi connectivity index (χ2n) is 6.16. The van der Waals surface area contributed by atoms with E-state index >= 15 is 0 Å². The Morgan fingerprint density at radius 2 is 1.87 bits per heavy atom. The van der Waals surface area contributed by atoms with Crippen molar-refractivity contribution < 1.29 is 14.1 Å². The van der Waals surface area contributed by atoms with Crippen molar-refractivity contribution in [3.05, 3.63) is 82.9 Å². The van der Waals surface area contributed by atoms with E-state index < -0.39 is 16.7 Å². The second-order valence-corrected chi connectivity index (χ2v) is 6.16. The molecular weight excluding hydrogens is 390 g/mol. The molecule has 0 unspecified atom stereocenters. The van der Waals surface area contributed by atoms with E-state index in [4.69, 9.17) is 4.42 Å². The largest absolute Gasteiger partial charge is 0.433 e. The summed E-state index contributed by atoms with van der Waals surface area (Å²) in [6, 6.07) is 11.0. The Hall–Kier alpha value is -4.54. The molecule has 0 aliphatic heterocycles. The van der Waals surface area contributed by atoms with E-state index in [9.17, 15) is 14.9 Å². The maximum Gasteiger partial charge on any atom is 0.433 e. The molecular formula is C19H15N7O4. The van der Waals surface area contributed by atoms with Crippen LogP contribution in [0.15, 0.2) is 65.6 Å². The van der Waals surface area contributed by atoms with E-state index in [-0.39, 0.29) is 5.76 Å². The number of nitrogens with zero attached hydrogens (tertiary/aromatic N) is 5. The Bertz CT molecular complexity index is 1210. The van der Waals surface area contributed by atoms with Crippen molar-refractivity contribution in [2.24, 2.45) is 0 Å². The van der Waals surface area contributed by atoms with Crippen LogP contribution >= 0.6 is 0 Å². The molecule has 4 aromatic rings. The lowest BCUT2D eigenvalue weighted by atomic mass is 10.2. The molecule has 4 rings (SSSR count). The minimum atomic E-state index is -0.704. The van der Waals surface area contributed by atoms with Gasteiger partial charge in [-0.3, -0.25) is 19.5 Å². The van der Waals surface area contributed by atoms with Gasteiger partial charge in [-0.15, -0.1) is 0 Å². The van der Waals surface area contributed by atoms with Crippen molar-refractivity contribution in [3.8, 4) is 5.82 Å². The predicted octanol–water partition coefficient (Wildman–Crippen LogP) is 3.47. The van der Waals surface area contributed by atoms with Crippen LogP contribution in [0.1, 0.15) is 16.4 Å². The first-order valence-corrected chi connectivity index (χ1v) is 8.74. The number of carbonyl (C=O) groups is 1. The Kier molecular flexibility index (Phi) is 4.91. The van der Waals surface area contributed by atoms with E-state index in [0.717, 1.165) is 17.6 Å². The molecule has 1 aromatic carbocycles. The number of furan rings is 1. The van der Waals surface area contributed by atoms with Crippen LogP contribution < -0.4 is 10.6 Å². The van der Waals surface area contributed by atoms with Crippen molar-refractivity contribution in [3.63, 3.8) is 0 Å². The van der Waals surface area contributed by atoms with Crippen LogP contribution in [0, 0.1) is 17.0 Å². The van der Waals surface area contributed by atoms with E-state index in [1.54, 1.807) is 36.5 Å². The van der Waals surface area contributed by atoms with Crippen LogP contribution in [0.4, 0.5) is 23.1 Å². The van der Waals surface area contributed by atoms with Gasteiger partial charge < -0.3 is 15.1 Å². The van der Waals surface area contributed by atoms with Crippen LogP contribution in [-0.4, -0.2) is 30.3 Å². The third kappa shape index (κ3) is 3.99. The van der Waals surface area contributed by atoms with Gasteiger partial charge in [0, 0.05) is 29.8 Å². The van der Waals surface area contributed by atoms with Crippen LogP contribution in [0.5, 0.6) is 0 Å². The van der Waals surface area contributed by atoms with Crippen molar-refractivity contribution in [1.82, 2.24) is 19.5 Å². The average Bonchev–Trinajstić information content (AvgIpc) is 3.39. The molecule has 0 aliphatic carbocycles. The molecule has 150 valence electrons. The number of anilines is 3. The molecule has 0 saturated heterocycles. The first-order chi connectivity index (χ1) is 14.5. The zero-order chi connectivity index (χ0) is 21.1. The Morgan fingerprint density at radius 3 is 2.53 bits per heavy atom. The highest BCUT2D eigenvalue weighted by Gasteiger charge is 2.17. The summed E-state index contributed by atoms with van der Waals surface area (Å²) in [5.41, 5.74) is 1.25. The lowest BCUT2D eigenvalue weighted by Crippen LogP contribution is -2.10. The van der Waals surface area contributed by atoms with Gasteiger partial charge in [0.25, 0.3) is 5.91 Å². The number of rotatable bonds is 6. The normalized spacial score (nSPS) is 10.6. The van der Waals surface area contributed by atoms with E-state index in [1.165, 1.54) is 12.4 Å². The number of carbonyl (C=O) groups excluding carboxylic acids is 1. The summed E-state index contributed by atoms with van der Waals surface area (Å²) in [7, 11) is 0. The zero-order valence-corrected chi connectivity index (χ0v) is 15.6. The van der Waals surface area contributed by atoms with Gasteiger partial charge in [0.1, 0.15) is 28.7 Å². The molecule has 0 saturated carbocycles. The highest BCUT2D eigenvalue weighted by Crippen LogP contribution is 2.21. The molecule has 11 heteroatoms. The van der Waals surface area contributed by atoms with E-state index in [2.05, 4.69) is 25.6 Å². The molecule has 11 nitrogen and oxygen atoms in total. The number of hydrogen-bond acceptors (Lipinski definition) is 8. The third-order valence-electron chi connectivity index (χ3n) is 4.14. The number of amides is 1.